The second kappa shape index (κ2) is 7.61. The average Bonchev–Trinajstić information content (AvgIpc) is 2.54. The summed E-state index contributed by atoms with van der Waals surface area (Å²) in [4.78, 5) is 11.7. The van der Waals surface area contributed by atoms with Gasteiger partial charge in [0.15, 0.2) is 0 Å². The molecule has 1 aromatic rings. The van der Waals surface area contributed by atoms with Crippen LogP contribution in [0.25, 0.3) is 0 Å². The highest BCUT2D eigenvalue weighted by molar-refractivity contribution is 7.89. The number of halogens is 3. The van der Waals surface area contributed by atoms with Crippen LogP contribution in [0.4, 0.5) is 13.2 Å². The number of piperidine rings is 1. The number of carbonyl (C=O) groups is 1. The fourth-order valence-electron chi connectivity index (χ4n) is 2.58. The Bertz CT molecular complexity index is 703. The van der Waals surface area contributed by atoms with Crippen LogP contribution < -0.4 is 4.74 Å². The van der Waals surface area contributed by atoms with E-state index in [0.717, 1.165) is 28.6 Å². The van der Waals surface area contributed by atoms with Crippen LogP contribution >= 0.6 is 0 Å². The molecule has 1 aliphatic heterocycles. The maximum Gasteiger partial charge on any atom is 0.573 e. The van der Waals surface area contributed by atoms with Crippen LogP contribution in [0.5, 0.6) is 5.75 Å². The van der Waals surface area contributed by atoms with Gasteiger partial charge in [0.25, 0.3) is 0 Å². The molecule has 1 fully saturated rings. The van der Waals surface area contributed by atoms with Gasteiger partial charge in [0, 0.05) is 13.1 Å². The summed E-state index contributed by atoms with van der Waals surface area (Å²) in [6.45, 7) is 2.10. The first-order valence-corrected chi connectivity index (χ1v) is 9.10. The van der Waals surface area contributed by atoms with E-state index in [-0.39, 0.29) is 24.6 Å². The summed E-state index contributed by atoms with van der Waals surface area (Å²) in [5.74, 6) is -1.50. The Kier molecular flexibility index (Phi) is 5.94. The molecule has 0 unspecified atom stereocenters. The van der Waals surface area contributed by atoms with E-state index in [2.05, 4.69) is 4.74 Å². The minimum atomic E-state index is -4.85. The number of nitrogens with zero attached hydrogens (tertiary/aromatic N) is 1. The average molecular weight is 381 g/mol. The first kappa shape index (κ1) is 19.5. The van der Waals surface area contributed by atoms with Crippen LogP contribution in [0.15, 0.2) is 29.2 Å². The quantitative estimate of drug-likeness (QED) is 0.733. The van der Waals surface area contributed by atoms with Gasteiger partial charge < -0.3 is 9.47 Å². The van der Waals surface area contributed by atoms with Gasteiger partial charge in [-0.1, -0.05) is 0 Å². The summed E-state index contributed by atoms with van der Waals surface area (Å²) in [7, 11) is -3.92. The Labute approximate surface area is 143 Å². The molecule has 10 heteroatoms. The van der Waals surface area contributed by atoms with Crippen molar-refractivity contribution in [2.75, 3.05) is 19.7 Å². The molecule has 0 amide bonds. The zero-order chi connectivity index (χ0) is 18.7. The molecule has 1 atom stereocenters. The van der Waals surface area contributed by atoms with Crippen LogP contribution in [0.1, 0.15) is 19.8 Å². The molecule has 0 radical (unpaired) electrons. The third-order valence-corrected chi connectivity index (χ3v) is 5.58. The van der Waals surface area contributed by atoms with Crippen molar-refractivity contribution >= 4 is 16.0 Å². The number of ether oxygens (including phenoxy) is 2. The zero-order valence-corrected chi connectivity index (χ0v) is 14.3. The summed E-state index contributed by atoms with van der Waals surface area (Å²) in [5.41, 5.74) is 0. The summed E-state index contributed by atoms with van der Waals surface area (Å²) >= 11 is 0. The van der Waals surface area contributed by atoms with Crippen LogP contribution in [0.2, 0.25) is 0 Å². The van der Waals surface area contributed by atoms with Crippen molar-refractivity contribution in [2.24, 2.45) is 5.92 Å². The van der Waals surface area contributed by atoms with E-state index in [1.165, 1.54) is 0 Å². The molecular weight excluding hydrogens is 363 g/mol. The Morgan fingerprint density at radius 2 is 1.92 bits per heavy atom. The molecule has 1 saturated heterocycles. The van der Waals surface area contributed by atoms with Crippen molar-refractivity contribution in [3.63, 3.8) is 0 Å². The van der Waals surface area contributed by atoms with Gasteiger partial charge in [-0.2, -0.15) is 4.31 Å². The lowest BCUT2D eigenvalue weighted by Gasteiger charge is -2.30. The van der Waals surface area contributed by atoms with E-state index >= 15 is 0 Å². The fraction of sp³-hybridized carbons (Fsp3) is 0.533. The van der Waals surface area contributed by atoms with E-state index in [1.54, 1.807) is 6.92 Å². The molecule has 0 saturated carbocycles. The molecule has 0 N–H and O–H groups in total. The molecule has 25 heavy (non-hydrogen) atoms. The molecular formula is C15H18F3NO5S. The van der Waals surface area contributed by atoms with Gasteiger partial charge in [0.2, 0.25) is 10.0 Å². The summed E-state index contributed by atoms with van der Waals surface area (Å²) in [6, 6.07) is 3.97. The van der Waals surface area contributed by atoms with Crippen molar-refractivity contribution in [1.29, 1.82) is 0 Å². The van der Waals surface area contributed by atoms with Gasteiger partial charge in [0.1, 0.15) is 5.75 Å². The minimum absolute atomic E-state index is 0.0119. The largest absolute Gasteiger partial charge is 0.573 e. The monoisotopic (exact) mass is 381 g/mol. The Balaban J connectivity index is 2.13. The number of hydrogen-bond donors (Lipinski definition) is 0. The van der Waals surface area contributed by atoms with Crippen molar-refractivity contribution in [3.8, 4) is 5.75 Å². The Morgan fingerprint density at radius 1 is 1.28 bits per heavy atom. The highest BCUT2D eigenvalue weighted by atomic mass is 32.2. The van der Waals surface area contributed by atoms with Crippen LogP contribution in [0, 0.1) is 5.92 Å². The highest BCUT2D eigenvalue weighted by Gasteiger charge is 2.34. The third-order valence-electron chi connectivity index (χ3n) is 3.70. The number of hydrogen-bond acceptors (Lipinski definition) is 5. The van der Waals surface area contributed by atoms with Crippen molar-refractivity contribution in [2.45, 2.75) is 31.0 Å². The molecule has 2 rings (SSSR count). The maximum atomic E-state index is 12.6. The smallest absolute Gasteiger partial charge is 0.466 e. The number of alkyl halides is 3. The van der Waals surface area contributed by atoms with Crippen molar-refractivity contribution < 1.29 is 35.9 Å². The lowest BCUT2D eigenvalue weighted by atomic mass is 10.0. The van der Waals surface area contributed by atoms with Crippen molar-refractivity contribution in [1.82, 2.24) is 4.31 Å². The van der Waals surface area contributed by atoms with Gasteiger partial charge in [-0.25, -0.2) is 8.42 Å². The van der Waals surface area contributed by atoms with Crippen molar-refractivity contribution in [3.05, 3.63) is 24.3 Å². The second-order valence-corrected chi connectivity index (χ2v) is 7.41. The minimum Gasteiger partial charge on any atom is -0.466 e. The summed E-state index contributed by atoms with van der Waals surface area (Å²) in [5, 5.41) is 0. The van der Waals surface area contributed by atoms with E-state index in [4.69, 9.17) is 4.74 Å². The number of sulfonamides is 1. The lowest BCUT2D eigenvalue weighted by molar-refractivity contribution is -0.274. The molecule has 0 bridgehead atoms. The predicted molar refractivity (Wildman–Crippen MR) is 81.2 cm³/mol. The molecule has 1 aromatic carbocycles. The molecule has 140 valence electrons. The third kappa shape index (κ3) is 5.08. The van der Waals surface area contributed by atoms with E-state index in [1.807, 2.05) is 0 Å². The lowest BCUT2D eigenvalue weighted by Crippen LogP contribution is -2.42. The number of carbonyl (C=O) groups excluding carboxylic acids is 1. The van der Waals surface area contributed by atoms with Gasteiger partial charge in [-0.3, -0.25) is 4.79 Å². The standard InChI is InChI=1S/C15H18F3NO5S/c1-2-23-14(20)11-4-3-9-19(10-11)25(21,22)13-7-5-12(6-8-13)24-15(16,17)18/h5-8,11H,2-4,9-10H2,1H3/t11-/m1/s1. The Hall–Kier alpha value is -1.81. The first-order chi connectivity index (χ1) is 11.6. The maximum absolute atomic E-state index is 12.6. The van der Waals surface area contributed by atoms with E-state index in [9.17, 15) is 26.4 Å². The molecule has 0 aromatic heterocycles. The highest BCUT2D eigenvalue weighted by Crippen LogP contribution is 2.27. The number of benzene rings is 1. The fourth-order valence-corrected chi connectivity index (χ4v) is 4.10. The Morgan fingerprint density at radius 3 is 2.48 bits per heavy atom. The topological polar surface area (TPSA) is 72.9 Å². The zero-order valence-electron chi connectivity index (χ0n) is 13.5. The van der Waals surface area contributed by atoms with Gasteiger partial charge in [-0.05, 0) is 44.0 Å². The molecule has 6 nitrogen and oxygen atoms in total. The van der Waals surface area contributed by atoms with E-state index < -0.39 is 34.0 Å². The summed E-state index contributed by atoms with van der Waals surface area (Å²) < 4.78 is 71.5. The molecule has 1 aliphatic rings. The van der Waals surface area contributed by atoms with Crippen LogP contribution in [-0.2, 0) is 19.6 Å². The SMILES string of the molecule is CCOC(=O)[C@@H]1CCCN(S(=O)(=O)c2ccc(OC(F)(F)F)cc2)C1. The first-order valence-electron chi connectivity index (χ1n) is 7.66. The van der Waals surface area contributed by atoms with Gasteiger partial charge >= 0.3 is 12.3 Å². The molecule has 0 aliphatic carbocycles. The molecule has 1 heterocycles. The van der Waals surface area contributed by atoms with Gasteiger partial charge in [-0.15, -0.1) is 13.2 Å². The predicted octanol–water partition coefficient (Wildman–Crippen LogP) is 2.55. The van der Waals surface area contributed by atoms with Gasteiger partial charge in [0.05, 0.1) is 17.4 Å². The van der Waals surface area contributed by atoms with Crippen LogP contribution in [-0.4, -0.2) is 44.8 Å². The van der Waals surface area contributed by atoms with E-state index in [0.29, 0.717) is 12.8 Å². The number of rotatable bonds is 5. The van der Waals surface area contributed by atoms with Crippen LogP contribution in [0.3, 0.4) is 0 Å². The second-order valence-electron chi connectivity index (χ2n) is 5.47. The molecule has 0 spiro atoms. The summed E-state index contributed by atoms with van der Waals surface area (Å²) in [6.07, 6.45) is -3.82. The normalized spacial score (nSPS) is 19.4. The number of esters is 1.